The monoisotopic (exact) mass is 251 g/mol. The quantitative estimate of drug-likeness (QED) is 0.909. The summed E-state index contributed by atoms with van der Waals surface area (Å²) >= 11 is 1.28. The lowest BCUT2D eigenvalue weighted by atomic mass is 10.1. The van der Waals surface area contributed by atoms with Crippen LogP contribution in [-0.4, -0.2) is 16.1 Å². The highest BCUT2D eigenvalue weighted by Gasteiger charge is 2.09. The van der Waals surface area contributed by atoms with Gasteiger partial charge in [0.2, 0.25) is 11.0 Å². The second-order valence-electron chi connectivity index (χ2n) is 3.44. The van der Waals surface area contributed by atoms with E-state index in [2.05, 4.69) is 15.5 Å². The normalized spacial score (nSPS) is 10.2. The van der Waals surface area contributed by atoms with E-state index in [-0.39, 0.29) is 18.1 Å². The van der Waals surface area contributed by atoms with Gasteiger partial charge in [-0.1, -0.05) is 29.5 Å². The number of halogens is 1. The van der Waals surface area contributed by atoms with E-state index in [1.807, 2.05) is 0 Å². The van der Waals surface area contributed by atoms with Gasteiger partial charge in [-0.3, -0.25) is 4.79 Å². The molecule has 0 fully saturated rings. The zero-order valence-electron chi connectivity index (χ0n) is 9.11. The summed E-state index contributed by atoms with van der Waals surface area (Å²) in [6.07, 6.45) is -0.00863. The molecule has 0 saturated carbocycles. The first-order valence-corrected chi connectivity index (χ1v) is 5.80. The fourth-order valence-electron chi connectivity index (χ4n) is 1.33. The number of aromatic nitrogens is 2. The number of amides is 1. The highest BCUT2D eigenvalue weighted by Crippen LogP contribution is 2.14. The Morgan fingerprint density at radius 2 is 2.18 bits per heavy atom. The summed E-state index contributed by atoms with van der Waals surface area (Å²) in [7, 11) is 0. The number of anilines is 1. The average molecular weight is 251 g/mol. The fourth-order valence-corrected chi connectivity index (χ4v) is 1.93. The van der Waals surface area contributed by atoms with E-state index < -0.39 is 0 Å². The predicted octanol–water partition coefficient (Wildman–Crippen LogP) is 2.17. The van der Waals surface area contributed by atoms with Crippen LogP contribution in [-0.2, 0) is 11.2 Å². The smallest absolute Gasteiger partial charge is 0.230 e. The van der Waals surface area contributed by atoms with Crippen LogP contribution in [0.25, 0.3) is 0 Å². The first-order chi connectivity index (χ1) is 8.15. The molecule has 1 aromatic carbocycles. The largest absolute Gasteiger partial charge is 0.300 e. The van der Waals surface area contributed by atoms with E-state index in [1.165, 1.54) is 17.4 Å². The lowest BCUT2D eigenvalue weighted by Crippen LogP contribution is -2.15. The van der Waals surface area contributed by atoms with Crippen LogP contribution in [0.2, 0.25) is 0 Å². The third-order valence-corrected chi connectivity index (χ3v) is 2.84. The van der Waals surface area contributed by atoms with Crippen LogP contribution < -0.4 is 5.32 Å². The molecular formula is C11H10FN3OS. The summed E-state index contributed by atoms with van der Waals surface area (Å²) in [6.45, 7) is 1.80. The predicted molar refractivity (Wildman–Crippen MR) is 63.4 cm³/mol. The molecule has 1 aromatic heterocycles. The summed E-state index contributed by atoms with van der Waals surface area (Å²) in [5, 5.41) is 11.3. The van der Waals surface area contributed by atoms with E-state index in [9.17, 15) is 9.18 Å². The molecule has 0 spiro atoms. The van der Waals surface area contributed by atoms with E-state index in [1.54, 1.807) is 25.1 Å². The van der Waals surface area contributed by atoms with Crippen LogP contribution >= 0.6 is 11.3 Å². The summed E-state index contributed by atoms with van der Waals surface area (Å²) in [5.74, 6) is -0.678. The minimum absolute atomic E-state index is 0.00863. The van der Waals surface area contributed by atoms with Crippen LogP contribution in [0.1, 0.15) is 10.6 Å². The Balaban J connectivity index is 2.01. The van der Waals surface area contributed by atoms with Gasteiger partial charge in [-0.25, -0.2) is 4.39 Å². The van der Waals surface area contributed by atoms with Gasteiger partial charge in [0.05, 0.1) is 6.42 Å². The summed E-state index contributed by atoms with van der Waals surface area (Å²) < 4.78 is 13.3. The zero-order chi connectivity index (χ0) is 12.3. The first kappa shape index (κ1) is 11.7. The zero-order valence-corrected chi connectivity index (χ0v) is 9.92. The highest BCUT2D eigenvalue weighted by molar-refractivity contribution is 7.15. The van der Waals surface area contributed by atoms with Gasteiger partial charge < -0.3 is 5.32 Å². The maximum atomic E-state index is 13.3. The van der Waals surface area contributed by atoms with Crippen molar-refractivity contribution in [3.63, 3.8) is 0 Å². The molecule has 17 heavy (non-hydrogen) atoms. The van der Waals surface area contributed by atoms with E-state index in [4.69, 9.17) is 0 Å². The third-order valence-electron chi connectivity index (χ3n) is 2.08. The Labute approximate surface area is 102 Å². The Kier molecular flexibility index (Phi) is 3.43. The van der Waals surface area contributed by atoms with Crippen molar-refractivity contribution in [1.82, 2.24) is 10.2 Å². The third kappa shape index (κ3) is 3.07. The topological polar surface area (TPSA) is 54.9 Å². The Morgan fingerprint density at radius 1 is 1.41 bits per heavy atom. The number of hydrogen-bond donors (Lipinski definition) is 1. The van der Waals surface area contributed by atoms with Gasteiger partial charge in [0.1, 0.15) is 10.8 Å². The van der Waals surface area contributed by atoms with Crippen molar-refractivity contribution in [1.29, 1.82) is 0 Å². The lowest BCUT2D eigenvalue weighted by molar-refractivity contribution is -0.115. The summed E-state index contributed by atoms with van der Waals surface area (Å²) in [4.78, 5) is 11.6. The van der Waals surface area contributed by atoms with Gasteiger partial charge in [-0.05, 0) is 18.6 Å². The van der Waals surface area contributed by atoms with Crippen LogP contribution in [0.15, 0.2) is 24.3 Å². The average Bonchev–Trinajstić information content (AvgIpc) is 2.67. The molecular weight excluding hydrogens is 241 g/mol. The number of carbonyl (C=O) groups excluding carboxylic acids is 1. The maximum absolute atomic E-state index is 13.3. The Morgan fingerprint density at radius 3 is 2.82 bits per heavy atom. The molecule has 0 aliphatic carbocycles. The van der Waals surface area contributed by atoms with Gasteiger partial charge in [-0.15, -0.1) is 10.2 Å². The van der Waals surface area contributed by atoms with Crippen molar-refractivity contribution < 1.29 is 9.18 Å². The molecule has 0 saturated heterocycles. The second kappa shape index (κ2) is 5.01. The second-order valence-corrected chi connectivity index (χ2v) is 4.62. The maximum Gasteiger partial charge on any atom is 0.230 e. The number of carbonyl (C=O) groups is 1. The molecule has 88 valence electrons. The molecule has 0 unspecified atom stereocenters. The number of nitrogens with one attached hydrogen (secondary N) is 1. The molecule has 1 amide bonds. The number of nitrogens with zero attached hydrogens (tertiary/aromatic N) is 2. The van der Waals surface area contributed by atoms with Crippen molar-refractivity contribution in [3.05, 3.63) is 40.7 Å². The van der Waals surface area contributed by atoms with Crippen molar-refractivity contribution in [2.75, 3.05) is 5.32 Å². The minimum atomic E-state index is -0.379. The van der Waals surface area contributed by atoms with Crippen molar-refractivity contribution in [2.24, 2.45) is 0 Å². The SMILES string of the molecule is Cc1nnc(NC(=O)Cc2ccccc2F)s1. The van der Waals surface area contributed by atoms with E-state index in [0.717, 1.165) is 5.01 Å². The molecule has 2 aromatic rings. The van der Waals surface area contributed by atoms with E-state index in [0.29, 0.717) is 10.7 Å². The van der Waals surface area contributed by atoms with Crippen molar-refractivity contribution >= 4 is 22.4 Å². The van der Waals surface area contributed by atoms with Crippen LogP contribution in [0.3, 0.4) is 0 Å². The molecule has 2 rings (SSSR count). The molecule has 4 nitrogen and oxygen atoms in total. The van der Waals surface area contributed by atoms with Gasteiger partial charge >= 0.3 is 0 Å². The summed E-state index contributed by atoms with van der Waals surface area (Å²) in [6, 6.07) is 6.20. The molecule has 1 N–H and O–H groups in total. The van der Waals surface area contributed by atoms with Gasteiger partial charge in [0.25, 0.3) is 0 Å². The Bertz CT molecular complexity index is 541. The van der Waals surface area contributed by atoms with Gasteiger partial charge in [0.15, 0.2) is 0 Å². The van der Waals surface area contributed by atoms with Crippen LogP contribution in [0.5, 0.6) is 0 Å². The lowest BCUT2D eigenvalue weighted by Gasteiger charge is -2.02. The number of benzene rings is 1. The number of aryl methyl sites for hydroxylation is 1. The molecule has 1 heterocycles. The van der Waals surface area contributed by atoms with Gasteiger partial charge in [-0.2, -0.15) is 0 Å². The summed E-state index contributed by atoms with van der Waals surface area (Å²) in [5.41, 5.74) is 0.367. The molecule has 0 atom stereocenters. The Hall–Kier alpha value is -1.82. The number of rotatable bonds is 3. The van der Waals surface area contributed by atoms with Gasteiger partial charge in [0, 0.05) is 0 Å². The van der Waals surface area contributed by atoms with Crippen LogP contribution in [0.4, 0.5) is 9.52 Å². The number of hydrogen-bond acceptors (Lipinski definition) is 4. The van der Waals surface area contributed by atoms with E-state index >= 15 is 0 Å². The highest BCUT2D eigenvalue weighted by atomic mass is 32.1. The standard InChI is InChI=1S/C11H10FN3OS/c1-7-14-15-11(17-7)13-10(16)6-8-4-2-3-5-9(8)12/h2-5H,6H2,1H3,(H,13,15,16). The molecule has 0 aliphatic rings. The first-order valence-electron chi connectivity index (χ1n) is 4.98. The van der Waals surface area contributed by atoms with Crippen molar-refractivity contribution in [2.45, 2.75) is 13.3 Å². The minimum Gasteiger partial charge on any atom is -0.300 e. The molecule has 6 heteroatoms. The fraction of sp³-hybridized carbons (Fsp3) is 0.182. The van der Waals surface area contributed by atoms with Crippen molar-refractivity contribution in [3.8, 4) is 0 Å². The van der Waals surface area contributed by atoms with Crippen LogP contribution in [0, 0.1) is 12.7 Å². The molecule has 0 radical (unpaired) electrons. The molecule has 0 aliphatic heterocycles. The molecule has 0 bridgehead atoms.